The van der Waals surface area contributed by atoms with Gasteiger partial charge in [0.05, 0.1) is 19.2 Å². The summed E-state index contributed by atoms with van der Waals surface area (Å²) in [6.45, 7) is 8.31. The summed E-state index contributed by atoms with van der Waals surface area (Å²) >= 11 is 0. The average Bonchev–Trinajstić information content (AvgIpc) is 2.74. The van der Waals surface area contributed by atoms with Gasteiger partial charge in [0.2, 0.25) is 0 Å². The van der Waals surface area contributed by atoms with Crippen molar-refractivity contribution in [3.8, 4) is 11.8 Å². The van der Waals surface area contributed by atoms with Gasteiger partial charge in [0.1, 0.15) is 0 Å². The maximum atomic E-state index is 12.1. The largest absolute Gasteiger partial charge is 0.465 e. The van der Waals surface area contributed by atoms with Crippen molar-refractivity contribution in [2.75, 3.05) is 71.4 Å². The zero-order chi connectivity index (χ0) is 19.8. The Kier molecular flexibility index (Phi) is 7.72. The van der Waals surface area contributed by atoms with Crippen molar-refractivity contribution in [2.24, 2.45) is 5.92 Å². The van der Waals surface area contributed by atoms with Crippen LogP contribution in [0.4, 0.5) is 5.69 Å². The third-order valence-electron chi connectivity index (χ3n) is 5.61. The highest BCUT2D eigenvalue weighted by molar-refractivity contribution is 5.93. The molecule has 2 N–H and O–H groups in total. The van der Waals surface area contributed by atoms with Crippen LogP contribution in [-0.4, -0.2) is 77.4 Å². The van der Waals surface area contributed by atoms with Crippen molar-refractivity contribution >= 4 is 11.7 Å². The van der Waals surface area contributed by atoms with E-state index in [1.54, 1.807) is 0 Å². The molecular formula is C22H32N4O2. The lowest BCUT2D eigenvalue weighted by Crippen LogP contribution is -2.48. The first-order valence-corrected chi connectivity index (χ1v) is 10.2. The number of piperidine rings is 1. The topological polar surface area (TPSA) is 56.8 Å². The molecule has 0 atom stereocenters. The molecule has 0 radical (unpaired) electrons. The number of nitrogens with one attached hydrogen (secondary N) is 2. The Bertz CT molecular complexity index is 711. The minimum atomic E-state index is -0.341. The molecule has 1 aromatic rings. The predicted octanol–water partition coefficient (Wildman–Crippen LogP) is 1.17. The first kappa shape index (κ1) is 20.7. The molecular weight excluding hydrogens is 352 g/mol. The molecule has 0 saturated carbocycles. The van der Waals surface area contributed by atoms with Crippen LogP contribution in [0.25, 0.3) is 0 Å². The summed E-state index contributed by atoms with van der Waals surface area (Å²) in [5, 5.41) is 6.45. The lowest BCUT2D eigenvalue weighted by atomic mass is 9.97. The SMILES string of the molecule is CNCC#Cc1cc(N2CCN(CC3CCNCC3)CC2)ccc1C(=O)OC. The molecule has 0 bridgehead atoms. The Morgan fingerprint density at radius 2 is 2.00 bits per heavy atom. The number of piperazine rings is 1. The highest BCUT2D eigenvalue weighted by atomic mass is 16.5. The summed E-state index contributed by atoms with van der Waals surface area (Å²) in [5.41, 5.74) is 2.39. The number of hydrogen-bond donors (Lipinski definition) is 2. The van der Waals surface area contributed by atoms with E-state index < -0.39 is 0 Å². The summed E-state index contributed by atoms with van der Waals surface area (Å²) in [6, 6.07) is 5.88. The second-order valence-electron chi connectivity index (χ2n) is 7.53. The Labute approximate surface area is 168 Å². The Hall–Kier alpha value is -2.07. The molecule has 28 heavy (non-hydrogen) atoms. The van der Waals surface area contributed by atoms with Crippen LogP contribution in [0.1, 0.15) is 28.8 Å². The van der Waals surface area contributed by atoms with E-state index in [2.05, 4.69) is 32.3 Å². The number of hydrogen-bond acceptors (Lipinski definition) is 6. The fourth-order valence-electron chi connectivity index (χ4n) is 3.97. The van der Waals surface area contributed by atoms with Crippen molar-refractivity contribution in [1.82, 2.24) is 15.5 Å². The van der Waals surface area contributed by atoms with Gasteiger partial charge in [0.15, 0.2) is 0 Å². The van der Waals surface area contributed by atoms with Gasteiger partial charge in [-0.25, -0.2) is 4.79 Å². The van der Waals surface area contributed by atoms with Crippen LogP contribution in [0, 0.1) is 17.8 Å². The number of carbonyl (C=O) groups excluding carboxylic acids is 1. The lowest BCUT2D eigenvalue weighted by Gasteiger charge is -2.38. The van der Waals surface area contributed by atoms with E-state index in [1.165, 1.54) is 26.5 Å². The smallest absolute Gasteiger partial charge is 0.339 e. The average molecular weight is 385 g/mol. The molecule has 6 nitrogen and oxygen atoms in total. The number of esters is 1. The predicted molar refractivity (Wildman–Crippen MR) is 113 cm³/mol. The van der Waals surface area contributed by atoms with Gasteiger partial charge in [-0.2, -0.15) is 0 Å². The van der Waals surface area contributed by atoms with E-state index in [4.69, 9.17) is 4.74 Å². The van der Waals surface area contributed by atoms with E-state index in [9.17, 15) is 4.79 Å². The molecule has 0 aliphatic carbocycles. The minimum Gasteiger partial charge on any atom is -0.465 e. The summed E-state index contributed by atoms with van der Waals surface area (Å²) in [7, 11) is 3.26. The monoisotopic (exact) mass is 384 g/mol. The number of anilines is 1. The third-order valence-corrected chi connectivity index (χ3v) is 5.61. The molecule has 2 heterocycles. The Morgan fingerprint density at radius 1 is 1.25 bits per heavy atom. The van der Waals surface area contributed by atoms with E-state index in [0.717, 1.165) is 56.4 Å². The number of benzene rings is 1. The Morgan fingerprint density at radius 3 is 2.68 bits per heavy atom. The van der Waals surface area contributed by atoms with Crippen molar-refractivity contribution in [3.63, 3.8) is 0 Å². The van der Waals surface area contributed by atoms with Crippen molar-refractivity contribution in [2.45, 2.75) is 12.8 Å². The maximum absolute atomic E-state index is 12.1. The lowest BCUT2D eigenvalue weighted by molar-refractivity contribution is 0.0600. The first-order chi connectivity index (χ1) is 13.7. The number of methoxy groups -OCH3 is 1. The summed E-state index contributed by atoms with van der Waals surface area (Å²) in [5.74, 6) is 6.66. The van der Waals surface area contributed by atoms with Gasteiger partial charge >= 0.3 is 5.97 Å². The van der Waals surface area contributed by atoms with Crippen LogP contribution < -0.4 is 15.5 Å². The van der Waals surface area contributed by atoms with Crippen molar-refractivity contribution in [3.05, 3.63) is 29.3 Å². The van der Waals surface area contributed by atoms with Gasteiger partial charge in [-0.3, -0.25) is 4.90 Å². The van der Waals surface area contributed by atoms with Gasteiger partial charge in [0, 0.05) is 44.0 Å². The highest BCUT2D eigenvalue weighted by Crippen LogP contribution is 2.22. The molecule has 2 saturated heterocycles. The summed E-state index contributed by atoms with van der Waals surface area (Å²) < 4.78 is 4.91. The van der Waals surface area contributed by atoms with E-state index in [-0.39, 0.29) is 5.97 Å². The Balaban J connectivity index is 1.64. The summed E-state index contributed by atoms with van der Waals surface area (Å²) in [4.78, 5) is 17.0. The third kappa shape index (κ3) is 5.48. The van der Waals surface area contributed by atoms with Gasteiger partial charge < -0.3 is 20.3 Å². The van der Waals surface area contributed by atoms with Crippen LogP contribution >= 0.6 is 0 Å². The van der Waals surface area contributed by atoms with Crippen LogP contribution in [0.2, 0.25) is 0 Å². The molecule has 2 aliphatic rings. The second kappa shape index (κ2) is 10.5. The van der Waals surface area contributed by atoms with E-state index in [1.807, 2.05) is 25.2 Å². The number of ether oxygens (including phenoxy) is 1. The molecule has 152 valence electrons. The minimum absolute atomic E-state index is 0.341. The first-order valence-electron chi connectivity index (χ1n) is 10.2. The highest BCUT2D eigenvalue weighted by Gasteiger charge is 2.22. The quantitative estimate of drug-likeness (QED) is 0.587. The van der Waals surface area contributed by atoms with Crippen LogP contribution in [0.15, 0.2) is 18.2 Å². The van der Waals surface area contributed by atoms with Crippen molar-refractivity contribution in [1.29, 1.82) is 0 Å². The normalized spacial score (nSPS) is 18.4. The van der Waals surface area contributed by atoms with Gasteiger partial charge in [-0.15, -0.1) is 0 Å². The number of carbonyl (C=O) groups is 1. The molecule has 1 aromatic carbocycles. The number of nitrogens with zero attached hydrogens (tertiary/aromatic N) is 2. The van der Waals surface area contributed by atoms with Crippen LogP contribution in [0.3, 0.4) is 0 Å². The van der Waals surface area contributed by atoms with E-state index >= 15 is 0 Å². The second-order valence-corrected chi connectivity index (χ2v) is 7.53. The zero-order valence-electron chi connectivity index (χ0n) is 17.1. The maximum Gasteiger partial charge on any atom is 0.339 e. The standard InChI is InChI=1S/C22H32N4O2/c1-23-9-3-4-19-16-20(5-6-21(19)22(27)28-2)26-14-12-25(13-15-26)17-18-7-10-24-11-8-18/h5-6,16,18,23-24H,7-15,17H2,1-2H3. The molecule has 0 spiro atoms. The molecule has 2 aliphatic heterocycles. The molecule has 0 aromatic heterocycles. The molecule has 3 rings (SSSR count). The van der Waals surface area contributed by atoms with E-state index in [0.29, 0.717) is 12.1 Å². The fraction of sp³-hybridized carbons (Fsp3) is 0.591. The zero-order valence-corrected chi connectivity index (χ0v) is 17.1. The summed E-state index contributed by atoms with van der Waals surface area (Å²) in [6.07, 6.45) is 2.59. The molecule has 0 unspecified atom stereocenters. The molecule has 2 fully saturated rings. The van der Waals surface area contributed by atoms with Crippen molar-refractivity contribution < 1.29 is 9.53 Å². The number of rotatable bonds is 5. The van der Waals surface area contributed by atoms with Gasteiger partial charge in [0.25, 0.3) is 0 Å². The van der Waals surface area contributed by atoms with Gasteiger partial charge in [-0.1, -0.05) is 11.8 Å². The fourth-order valence-corrected chi connectivity index (χ4v) is 3.97. The van der Waals surface area contributed by atoms with Gasteiger partial charge in [-0.05, 0) is 57.1 Å². The van der Waals surface area contributed by atoms with Crippen LogP contribution in [-0.2, 0) is 4.74 Å². The molecule has 6 heteroatoms. The molecule has 0 amide bonds. The van der Waals surface area contributed by atoms with Crippen LogP contribution in [0.5, 0.6) is 0 Å².